The van der Waals surface area contributed by atoms with E-state index in [1.54, 1.807) is 24.8 Å². The molecule has 1 N–H and O–H groups in total. The van der Waals surface area contributed by atoms with Crippen molar-refractivity contribution in [1.82, 2.24) is 30.2 Å². The zero-order chi connectivity index (χ0) is 16.8. The molecule has 24 heavy (non-hydrogen) atoms. The van der Waals surface area contributed by atoms with E-state index in [4.69, 9.17) is 12.2 Å². The minimum absolute atomic E-state index is 0.611. The fourth-order valence-electron chi connectivity index (χ4n) is 2.35. The van der Waals surface area contributed by atoms with Crippen LogP contribution in [0.25, 0.3) is 0 Å². The first-order valence-corrected chi connectivity index (χ1v) is 8.14. The summed E-state index contributed by atoms with van der Waals surface area (Å²) in [5.41, 5.74) is 4.95. The van der Waals surface area contributed by atoms with Gasteiger partial charge in [-0.2, -0.15) is 5.10 Å². The van der Waals surface area contributed by atoms with E-state index < -0.39 is 0 Å². The van der Waals surface area contributed by atoms with Crippen LogP contribution in [-0.2, 0) is 0 Å². The monoisotopic (exact) mass is 341 g/mol. The summed E-state index contributed by atoms with van der Waals surface area (Å²) in [6.07, 6.45) is 6.64. The van der Waals surface area contributed by atoms with Gasteiger partial charge < -0.3 is 9.80 Å². The van der Waals surface area contributed by atoms with E-state index in [9.17, 15) is 0 Å². The van der Waals surface area contributed by atoms with Gasteiger partial charge in [0.2, 0.25) is 0 Å². The van der Waals surface area contributed by atoms with Gasteiger partial charge in [-0.3, -0.25) is 20.4 Å². The van der Waals surface area contributed by atoms with Gasteiger partial charge in [0.15, 0.2) is 5.11 Å². The van der Waals surface area contributed by atoms with Crippen molar-refractivity contribution in [1.29, 1.82) is 0 Å². The highest BCUT2D eigenvalue weighted by Gasteiger charge is 2.17. The second kappa shape index (κ2) is 7.89. The number of aromatic nitrogens is 3. The van der Waals surface area contributed by atoms with Crippen molar-refractivity contribution in [3.05, 3.63) is 54.4 Å². The van der Waals surface area contributed by atoms with E-state index in [1.165, 1.54) is 0 Å². The van der Waals surface area contributed by atoms with Crippen LogP contribution in [0.2, 0.25) is 0 Å². The molecule has 0 spiro atoms. The van der Waals surface area contributed by atoms with Crippen LogP contribution in [0.15, 0.2) is 48.1 Å². The molecule has 2 aromatic heterocycles. The molecule has 2 aromatic rings. The van der Waals surface area contributed by atoms with Gasteiger partial charge in [0, 0.05) is 44.8 Å². The minimum atomic E-state index is 0.611. The number of thiocarbonyl (C=S) groups is 1. The molecular weight excluding hydrogens is 322 g/mol. The molecule has 1 aliphatic heterocycles. The maximum absolute atomic E-state index is 5.46. The summed E-state index contributed by atoms with van der Waals surface area (Å²) >= 11 is 5.46. The Balaban J connectivity index is 1.78. The quantitative estimate of drug-likeness (QED) is 0.502. The Labute approximate surface area is 146 Å². The third kappa shape index (κ3) is 4.09. The van der Waals surface area contributed by atoms with Gasteiger partial charge in [-0.25, -0.2) is 0 Å². The Morgan fingerprint density at radius 2 is 1.88 bits per heavy atom. The molecule has 7 nitrogen and oxygen atoms in total. The Morgan fingerprint density at radius 1 is 1.08 bits per heavy atom. The molecule has 0 bridgehead atoms. The molecule has 0 atom stereocenters. The normalized spacial score (nSPS) is 16.0. The number of piperazine rings is 1. The zero-order valence-corrected chi connectivity index (χ0v) is 14.3. The number of pyridine rings is 1. The van der Waals surface area contributed by atoms with E-state index in [2.05, 4.69) is 42.3 Å². The van der Waals surface area contributed by atoms with Crippen molar-refractivity contribution in [2.75, 3.05) is 33.2 Å². The Kier molecular flexibility index (Phi) is 5.39. The van der Waals surface area contributed by atoms with Crippen LogP contribution < -0.4 is 5.43 Å². The number of likely N-dealkylation sites (N-methyl/N-ethyl adjacent to an activating group) is 1. The molecule has 0 aliphatic carbocycles. The smallest absolute Gasteiger partial charge is 0.189 e. The number of nitrogens with one attached hydrogen (secondary N) is 1. The molecule has 0 aromatic carbocycles. The van der Waals surface area contributed by atoms with Gasteiger partial charge in [-0.15, -0.1) is 0 Å². The molecule has 0 saturated carbocycles. The van der Waals surface area contributed by atoms with Crippen molar-refractivity contribution in [3.63, 3.8) is 0 Å². The number of hydrogen-bond donors (Lipinski definition) is 1. The van der Waals surface area contributed by atoms with E-state index in [1.807, 2.05) is 18.2 Å². The summed E-state index contributed by atoms with van der Waals surface area (Å²) in [7, 11) is 2.11. The topological polar surface area (TPSA) is 69.5 Å². The van der Waals surface area contributed by atoms with Crippen molar-refractivity contribution >= 4 is 23.0 Å². The van der Waals surface area contributed by atoms with E-state index in [0.717, 1.165) is 26.2 Å². The Morgan fingerprint density at radius 3 is 2.54 bits per heavy atom. The lowest BCUT2D eigenvalue weighted by atomic mass is 10.2. The fraction of sp³-hybridized carbons (Fsp3) is 0.312. The Bertz CT molecular complexity index is 655. The minimum Gasteiger partial charge on any atom is -0.345 e. The average molecular weight is 341 g/mol. The second-order valence-electron chi connectivity index (χ2n) is 5.47. The third-order valence-electron chi connectivity index (χ3n) is 3.77. The highest BCUT2D eigenvalue weighted by molar-refractivity contribution is 7.80. The number of rotatable bonds is 3. The summed E-state index contributed by atoms with van der Waals surface area (Å²) in [6.45, 7) is 3.76. The summed E-state index contributed by atoms with van der Waals surface area (Å²) < 4.78 is 0. The van der Waals surface area contributed by atoms with Gasteiger partial charge in [0.25, 0.3) is 0 Å². The van der Waals surface area contributed by atoms with Crippen LogP contribution in [0.4, 0.5) is 0 Å². The van der Waals surface area contributed by atoms with Gasteiger partial charge in [0.1, 0.15) is 11.4 Å². The van der Waals surface area contributed by atoms with Crippen LogP contribution in [-0.4, -0.2) is 68.8 Å². The predicted molar refractivity (Wildman–Crippen MR) is 96.7 cm³/mol. The van der Waals surface area contributed by atoms with Crippen molar-refractivity contribution in [3.8, 4) is 0 Å². The predicted octanol–water partition coefficient (Wildman–Crippen LogP) is 0.746. The summed E-state index contributed by atoms with van der Waals surface area (Å²) in [6, 6.07) is 5.65. The lowest BCUT2D eigenvalue weighted by molar-refractivity contribution is 0.214. The van der Waals surface area contributed by atoms with Crippen LogP contribution >= 0.6 is 12.2 Å². The highest BCUT2D eigenvalue weighted by Crippen LogP contribution is 2.05. The number of hydrazone groups is 1. The van der Waals surface area contributed by atoms with Gasteiger partial charge in [-0.05, 0) is 31.4 Å². The van der Waals surface area contributed by atoms with Crippen LogP contribution in [0.5, 0.6) is 0 Å². The largest absolute Gasteiger partial charge is 0.345 e. The maximum Gasteiger partial charge on any atom is 0.189 e. The lowest BCUT2D eigenvalue weighted by Gasteiger charge is -2.33. The molecular formula is C16H19N7S. The first-order chi connectivity index (χ1) is 11.7. The fourth-order valence-corrected chi connectivity index (χ4v) is 2.58. The van der Waals surface area contributed by atoms with Crippen LogP contribution in [0, 0.1) is 0 Å². The van der Waals surface area contributed by atoms with E-state index in [-0.39, 0.29) is 0 Å². The highest BCUT2D eigenvalue weighted by atomic mass is 32.1. The standard InChI is InChI=1S/C16H19N7S/c1-22-8-10-23(11-9-22)16(24)21-20-15(13-4-2-3-5-18-13)14-12-17-6-7-19-14/h2-7,12H,8-11H2,1H3,(H,21,24). The maximum atomic E-state index is 5.46. The van der Waals surface area contributed by atoms with E-state index >= 15 is 0 Å². The van der Waals surface area contributed by atoms with Gasteiger partial charge in [0.05, 0.1) is 11.9 Å². The molecule has 3 rings (SSSR count). The third-order valence-corrected chi connectivity index (χ3v) is 4.12. The molecule has 0 amide bonds. The van der Waals surface area contributed by atoms with Crippen LogP contribution in [0.3, 0.4) is 0 Å². The van der Waals surface area contributed by atoms with Crippen molar-refractivity contribution in [2.24, 2.45) is 5.10 Å². The average Bonchev–Trinajstić information content (AvgIpc) is 2.64. The molecule has 0 unspecified atom stereocenters. The van der Waals surface area contributed by atoms with E-state index in [0.29, 0.717) is 22.2 Å². The second-order valence-corrected chi connectivity index (χ2v) is 5.86. The molecule has 1 saturated heterocycles. The van der Waals surface area contributed by atoms with Crippen molar-refractivity contribution in [2.45, 2.75) is 0 Å². The van der Waals surface area contributed by atoms with Crippen LogP contribution in [0.1, 0.15) is 11.4 Å². The molecule has 1 fully saturated rings. The van der Waals surface area contributed by atoms with Gasteiger partial charge >= 0.3 is 0 Å². The van der Waals surface area contributed by atoms with Crippen molar-refractivity contribution < 1.29 is 0 Å². The number of nitrogens with zero attached hydrogens (tertiary/aromatic N) is 6. The molecule has 0 radical (unpaired) electrons. The number of hydrogen-bond acceptors (Lipinski definition) is 6. The first-order valence-electron chi connectivity index (χ1n) is 7.73. The molecule has 3 heterocycles. The van der Waals surface area contributed by atoms with Gasteiger partial charge in [-0.1, -0.05) is 6.07 Å². The Hall–Kier alpha value is -2.45. The first kappa shape index (κ1) is 16.4. The SMILES string of the molecule is CN1CCN(C(=S)NN=C(c2ccccn2)c2cnccn2)CC1. The lowest BCUT2D eigenvalue weighted by Crippen LogP contribution is -2.49. The zero-order valence-electron chi connectivity index (χ0n) is 13.5. The summed E-state index contributed by atoms with van der Waals surface area (Å²) in [5.74, 6) is 0. The summed E-state index contributed by atoms with van der Waals surface area (Å²) in [4.78, 5) is 17.2. The molecule has 1 aliphatic rings. The summed E-state index contributed by atoms with van der Waals surface area (Å²) in [5, 5.41) is 5.08. The molecule has 124 valence electrons. The molecule has 8 heteroatoms.